The normalized spacial score (nSPS) is 22.3. The predicted molar refractivity (Wildman–Crippen MR) is 165 cm³/mol. The van der Waals surface area contributed by atoms with Crippen molar-refractivity contribution in [3.63, 3.8) is 0 Å². The molecular formula is C31H39N7O6S. The topological polar surface area (TPSA) is 159 Å². The molecule has 0 spiro atoms. The standard InChI is InChI=1S/C31H39N7O6S/c1-19(2)13-22-30-36-24(18-45-30)27(40)32-9-10-38(31(42)25-17-43-12-11-37(25)3)15-26(39)33-21(14-20-7-5-4-6-8-20)29-35-23(16-44-29)28(41)34-22/h4-8,16,18-19,21-22,25H,9-15,17H2,1-3H3,(H,32,40)(H,33,39)(H,34,41)/t21-,22-,25+/m0/s1. The lowest BCUT2D eigenvalue weighted by molar-refractivity contribution is -0.145. The van der Waals surface area contributed by atoms with E-state index in [-0.39, 0.29) is 55.3 Å². The highest BCUT2D eigenvalue weighted by molar-refractivity contribution is 7.09. The highest BCUT2D eigenvalue weighted by Crippen LogP contribution is 2.26. The van der Waals surface area contributed by atoms with Crippen LogP contribution in [0.15, 0.2) is 46.4 Å². The summed E-state index contributed by atoms with van der Waals surface area (Å²) in [6.07, 6.45) is 2.20. The van der Waals surface area contributed by atoms with Gasteiger partial charge in [0.25, 0.3) is 11.8 Å². The Kier molecular flexibility index (Phi) is 10.6. The van der Waals surface area contributed by atoms with E-state index >= 15 is 0 Å². The van der Waals surface area contributed by atoms with E-state index < -0.39 is 35.8 Å². The zero-order valence-electron chi connectivity index (χ0n) is 25.7. The maximum absolute atomic E-state index is 13.7. The average molecular weight is 638 g/mol. The Hall–Kier alpha value is -4.14. The number of ether oxygens (including phenoxy) is 1. The van der Waals surface area contributed by atoms with Gasteiger partial charge in [-0.1, -0.05) is 44.2 Å². The minimum atomic E-state index is -0.717. The number of carbonyl (C=O) groups is 4. The summed E-state index contributed by atoms with van der Waals surface area (Å²) in [5.41, 5.74) is 1.18. The van der Waals surface area contributed by atoms with E-state index in [2.05, 4.69) is 25.9 Å². The maximum Gasteiger partial charge on any atom is 0.273 e. The molecular weight excluding hydrogens is 598 g/mol. The van der Waals surface area contributed by atoms with Gasteiger partial charge in [0.15, 0.2) is 5.69 Å². The van der Waals surface area contributed by atoms with Crippen LogP contribution in [0.4, 0.5) is 0 Å². The van der Waals surface area contributed by atoms with Gasteiger partial charge in [-0.05, 0) is 24.9 Å². The molecule has 2 aliphatic heterocycles. The SMILES string of the molecule is CC(C)C[C@@H]1NC(=O)c2coc(n2)[C@H](Cc2ccccc2)NC(=O)CN(C(=O)[C@H]2COCCN2C)CCNC(=O)c2csc1n2. The monoisotopic (exact) mass is 637 g/mol. The van der Waals surface area contributed by atoms with Crippen molar-refractivity contribution in [2.75, 3.05) is 46.4 Å². The number of nitrogens with zero attached hydrogens (tertiary/aromatic N) is 4. The highest BCUT2D eigenvalue weighted by Gasteiger charge is 2.33. The first-order valence-corrected chi connectivity index (χ1v) is 16.0. The van der Waals surface area contributed by atoms with Gasteiger partial charge in [-0.15, -0.1) is 11.3 Å². The van der Waals surface area contributed by atoms with Crippen molar-refractivity contribution in [2.24, 2.45) is 5.92 Å². The van der Waals surface area contributed by atoms with Gasteiger partial charge in [0.2, 0.25) is 17.7 Å². The molecule has 4 heterocycles. The third-order valence-electron chi connectivity index (χ3n) is 7.73. The third kappa shape index (κ3) is 8.32. The molecule has 1 aromatic carbocycles. The summed E-state index contributed by atoms with van der Waals surface area (Å²) in [4.78, 5) is 65.9. The molecule has 5 rings (SSSR count). The lowest BCUT2D eigenvalue weighted by atomic mass is 10.0. The Morgan fingerprint density at radius 1 is 1.04 bits per heavy atom. The van der Waals surface area contributed by atoms with Gasteiger partial charge in [-0.3, -0.25) is 24.1 Å². The Bertz CT molecular complexity index is 1490. The van der Waals surface area contributed by atoms with Gasteiger partial charge >= 0.3 is 0 Å². The third-order valence-corrected chi connectivity index (χ3v) is 8.69. The number of rotatable bonds is 5. The van der Waals surface area contributed by atoms with Crippen LogP contribution in [0.3, 0.4) is 0 Å². The summed E-state index contributed by atoms with van der Waals surface area (Å²) >= 11 is 1.29. The second kappa shape index (κ2) is 14.8. The number of carbonyl (C=O) groups excluding carboxylic acids is 4. The molecule has 0 aliphatic carbocycles. The molecule has 45 heavy (non-hydrogen) atoms. The Labute approximate surface area is 265 Å². The van der Waals surface area contributed by atoms with Crippen LogP contribution < -0.4 is 16.0 Å². The lowest BCUT2D eigenvalue weighted by Gasteiger charge is -2.35. The molecule has 13 nitrogen and oxygen atoms in total. The number of aromatic nitrogens is 2. The van der Waals surface area contributed by atoms with Crippen LogP contribution in [0.5, 0.6) is 0 Å². The lowest BCUT2D eigenvalue weighted by Crippen LogP contribution is -2.56. The van der Waals surface area contributed by atoms with E-state index in [9.17, 15) is 19.2 Å². The molecule has 4 amide bonds. The van der Waals surface area contributed by atoms with Gasteiger partial charge in [0, 0.05) is 31.4 Å². The number of hydrogen-bond donors (Lipinski definition) is 3. The summed E-state index contributed by atoms with van der Waals surface area (Å²) in [5, 5.41) is 11.0. The molecule has 3 N–H and O–H groups in total. The fourth-order valence-electron chi connectivity index (χ4n) is 5.31. The van der Waals surface area contributed by atoms with Crippen LogP contribution in [0.25, 0.3) is 0 Å². The van der Waals surface area contributed by atoms with Crippen molar-refractivity contribution in [2.45, 2.75) is 44.8 Å². The van der Waals surface area contributed by atoms with E-state index in [4.69, 9.17) is 9.15 Å². The zero-order chi connectivity index (χ0) is 31.9. The van der Waals surface area contributed by atoms with Gasteiger partial charge in [-0.25, -0.2) is 9.97 Å². The molecule has 0 radical (unpaired) electrons. The number of benzene rings is 1. The Morgan fingerprint density at radius 3 is 2.60 bits per heavy atom. The highest BCUT2D eigenvalue weighted by atomic mass is 32.1. The fourth-order valence-corrected chi connectivity index (χ4v) is 6.17. The maximum atomic E-state index is 13.7. The number of fused-ring (bicyclic) bond motifs is 4. The van der Waals surface area contributed by atoms with E-state index in [1.165, 1.54) is 22.5 Å². The van der Waals surface area contributed by atoms with Crippen molar-refractivity contribution < 1.29 is 28.3 Å². The second-order valence-corrected chi connectivity index (χ2v) is 12.6. The second-order valence-electron chi connectivity index (χ2n) is 11.7. The number of thiazole rings is 1. The number of amides is 4. The van der Waals surface area contributed by atoms with Crippen LogP contribution in [-0.4, -0.2) is 95.9 Å². The number of oxazole rings is 1. The van der Waals surface area contributed by atoms with Gasteiger partial charge < -0.3 is 30.0 Å². The van der Waals surface area contributed by atoms with Crippen LogP contribution in [0.1, 0.15) is 69.8 Å². The summed E-state index contributed by atoms with van der Waals surface area (Å²) in [5.74, 6) is -1.20. The Balaban J connectivity index is 1.47. The minimum Gasteiger partial charge on any atom is -0.446 e. The first-order chi connectivity index (χ1) is 21.7. The largest absolute Gasteiger partial charge is 0.446 e. The quantitative estimate of drug-likeness (QED) is 0.380. The molecule has 14 heteroatoms. The fraction of sp³-hybridized carbons (Fsp3) is 0.484. The van der Waals surface area contributed by atoms with Crippen LogP contribution in [-0.2, 0) is 20.7 Å². The first-order valence-electron chi connectivity index (χ1n) is 15.1. The first kappa shape index (κ1) is 32.3. The van der Waals surface area contributed by atoms with Crippen LogP contribution in [0.2, 0.25) is 0 Å². The summed E-state index contributed by atoms with van der Waals surface area (Å²) in [7, 11) is 1.84. The summed E-state index contributed by atoms with van der Waals surface area (Å²) in [6.45, 7) is 5.30. The molecule has 3 atom stereocenters. The molecule has 1 saturated heterocycles. The van der Waals surface area contributed by atoms with E-state index in [1.807, 2.05) is 56.1 Å². The molecule has 0 unspecified atom stereocenters. The predicted octanol–water partition coefficient (Wildman–Crippen LogP) is 1.95. The van der Waals surface area contributed by atoms with Gasteiger partial charge in [0.05, 0.1) is 25.8 Å². The molecule has 2 aromatic heterocycles. The minimum absolute atomic E-state index is 0.0545. The van der Waals surface area contributed by atoms with Crippen molar-refractivity contribution in [1.29, 1.82) is 0 Å². The van der Waals surface area contributed by atoms with E-state index in [1.54, 1.807) is 5.38 Å². The number of nitrogens with one attached hydrogen (secondary N) is 3. The number of likely N-dealkylation sites (N-methyl/N-ethyl adjacent to an activating group) is 1. The molecule has 3 aromatic rings. The number of morpholine rings is 1. The molecule has 1 fully saturated rings. The van der Waals surface area contributed by atoms with Crippen molar-refractivity contribution in [3.8, 4) is 0 Å². The molecule has 4 bridgehead atoms. The zero-order valence-corrected chi connectivity index (χ0v) is 26.5. The Morgan fingerprint density at radius 2 is 1.84 bits per heavy atom. The van der Waals surface area contributed by atoms with Crippen molar-refractivity contribution >= 4 is 35.0 Å². The summed E-state index contributed by atoms with van der Waals surface area (Å²) < 4.78 is 11.3. The van der Waals surface area contributed by atoms with Crippen molar-refractivity contribution in [1.82, 2.24) is 35.7 Å². The van der Waals surface area contributed by atoms with E-state index in [0.717, 1.165) is 5.56 Å². The van der Waals surface area contributed by atoms with Crippen LogP contribution >= 0.6 is 11.3 Å². The van der Waals surface area contributed by atoms with Gasteiger partial charge in [-0.2, -0.15) is 0 Å². The molecule has 240 valence electrons. The smallest absolute Gasteiger partial charge is 0.273 e. The van der Waals surface area contributed by atoms with E-state index in [0.29, 0.717) is 31.0 Å². The van der Waals surface area contributed by atoms with Crippen molar-refractivity contribution in [3.05, 3.63) is 69.8 Å². The molecule has 2 aliphatic rings. The number of hydrogen-bond acceptors (Lipinski definition) is 10. The van der Waals surface area contributed by atoms with Gasteiger partial charge in [0.1, 0.15) is 29.0 Å². The average Bonchev–Trinajstić information content (AvgIpc) is 3.71. The summed E-state index contributed by atoms with van der Waals surface area (Å²) in [6, 6.07) is 7.79. The van der Waals surface area contributed by atoms with Crippen LogP contribution in [0, 0.1) is 5.92 Å². The molecule has 0 saturated carbocycles.